The molecule has 0 radical (unpaired) electrons. The number of hydrogen-bond acceptors (Lipinski definition) is 4. The molecular formula is C11H12BrNO3. The van der Waals surface area contributed by atoms with E-state index in [1.165, 1.54) is 0 Å². The Bertz CT molecular complexity index is 497. The second kappa shape index (κ2) is 4.53. The molecule has 2 rings (SSSR count). The van der Waals surface area contributed by atoms with Crippen LogP contribution in [-0.2, 0) is 0 Å². The standard InChI is InChI=1S/C11H12BrNO3/c1-6-13-8-3-2-7(4-10(8)16-6)11(15)9(14)5-12/h2-4,9,11,14-15H,5H2,1H3. The monoisotopic (exact) mass is 285 g/mol. The number of oxazole rings is 1. The normalized spacial score (nSPS) is 15.2. The lowest BCUT2D eigenvalue weighted by Gasteiger charge is -2.15. The summed E-state index contributed by atoms with van der Waals surface area (Å²) in [7, 11) is 0. The Labute approximate surface area is 101 Å². The van der Waals surface area contributed by atoms with Crippen LogP contribution in [0.15, 0.2) is 22.6 Å². The summed E-state index contributed by atoms with van der Waals surface area (Å²) in [6, 6.07) is 5.21. The zero-order chi connectivity index (χ0) is 11.7. The molecule has 2 atom stereocenters. The van der Waals surface area contributed by atoms with Crippen LogP contribution in [0.1, 0.15) is 17.6 Å². The molecule has 86 valence electrons. The highest BCUT2D eigenvalue weighted by Gasteiger charge is 2.18. The van der Waals surface area contributed by atoms with E-state index in [9.17, 15) is 10.2 Å². The number of aliphatic hydroxyl groups is 2. The van der Waals surface area contributed by atoms with Crippen LogP contribution < -0.4 is 0 Å². The Morgan fingerprint density at radius 2 is 2.19 bits per heavy atom. The predicted octanol–water partition coefficient (Wildman–Crippen LogP) is 1.93. The van der Waals surface area contributed by atoms with Crippen LogP contribution in [0.25, 0.3) is 11.1 Å². The molecule has 16 heavy (non-hydrogen) atoms. The van der Waals surface area contributed by atoms with E-state index in [0.29, 0.717) is 22.4 Å². The predicted molar refractivity (Wildman–Crippen MR) is 63.5 cm³/mol. The summed E-state index contributed by atoms with van der Waals surface area (Å²) in [5, 5.41) is 19.6. The van der Waals surface area contributed by atoms with Gasteiger partial charge in [-0.2, -0.15) is 0 Å². The lowest BCUT2D eigenvalue weighted by atomic mass is 10.1. The van der Waals surface area contributed by atoms with E-state index in [-0.39, 0.29) is 0 Å². The van der Waals surface area contributed by atoms with E-state index in [4.69, 9.17) is 4.42 Å². The van der Waals surface area contributed by atoms with Crippen LogP contribution in [-0.4, -0.2) is 26.6 Å². The quantitative estimate of drug-likeness (QED) is 0.846. The molecule has 0 fully saturated rings. The SMILES string of the molecule is Cc1nc2ccc(C(O)C(O)CBr)cc2o1. The van der Waals surface area contributed by atoms with E-state index in [1.807, 2.05) is 0 Å². The average molecular weight is 286 g/mol. The molecular weight excluding hydrogens is 274 g/mol. The van der Waals surface area contributed by atoms with E-state index < -0.39 is 12.2 Å². The summed E-state index contributed by atoms with van der Waals surface area (Å²) in [6.07, 6.45) is -1.75. The van der Waals surface area contributed by atoms with Gasteiger partial charge in [0.1, 0.15) is 11.6 Å². The molecule has 2 N–H and O–H groups in total. The van der Waals surface area contributed by atoms with Crippen LogP contribution in [0.5, 0.6) is 0 Å². The third-order valence-electron chi connectivity index (χ3n) is 2.38. The molecule has 0 saturated carbocycles. The highest BCUT2D eigenvalue weighted by atomic mass is 79.9. The van der Waals surface area contributed by atoms with Crippen molar-refractivity contribution in [3.63, 3.8) is 0 Å². The molecule has 2 aromatic rings. The van der Waals surface area contributed by atoms with Gasteiger partial charge in [0.2, 0.25) is 0 Å². The van der Waals surface area contributed by atoms with Crippen molar-refractivity contribution in [1.29, 1.82) is 0 Å². The molecule has 2 unspecified atom stereocenters. The summed E-state index contributed by atoms with van der Waals surface area (Å²) in [4.78, 5) is 4.16. The molecule has 0 spiro atoms. The van der Waals surface area contributed by atoms with Gasteiger partial charge < -0.3 is 14.6 Å². The van der Waals surface area contributed by atoms with Crippen LogP contribution >= 0.6 is 15.9 Å². The van der Waals surface area contributed by atoms with Gasteiger partial charge in [-0.25, -0.2) is 4.98 Å². The minimum absolute atomic E-state index is 0.321. The number of fused-ring (bicyclic) bond motifs is 1. The molecule has 0 amide bonds. The largest absolute Gasteiger partial charge is 0.441 e. The Kier molecular flexibility index (Phi) is 3.28. The van der Waals surface area contributed by atoms with Gasteiger partial charge in [-0.05, 0) is 17.7 Å². The van der Waals surface area contributed by atoms with Crippen LogP contribution in [0, 0.1) is 6.92 Å². The molecule has 1 heterocycles. The smallest absolute Gasteiger partial charge is 0.192 e. The summed E-state index contributed by atoms with van der Waals surface area (Å²) >= 11 is 3.12. The van der Waals surface area contributed by atoms with Crippen molar-refractivity contribution in [2.75, 3.05) is 5.33 Å². The van der Waals surface area contributed by atoms with Crippen LogP contribution in [0.2, 0.25) is 0 Å². The molecule has 5 heteroatoms. The van der Waals surface area contributed by atoms with Crippen molar-refractivity contribution in [2.45, 2.75) is 19.1 Å². The van der Waals surface area contributed by atoms with Crippen molar-refractivity contribution >= 4 is 27.0 Å². The second-order valence-electron chi connectivity index (χ2n) is 3.63. The highest BCUT2D eigenvalue weighted by Crippen LogP contribution is 2.23. The third kappa shape index (κ3) is 2.11. The van der Waals surface area contributed by atoms with Crippen molar-refractivity contribution in [1.82, 2.24) is 4.98 Å². The van der Waals surface area contributed by atoms with Gasteiger partial charge in [0.25, 0.3) is 0 Å². The number of halogens is 1. The maximum absolute atomic E-state index is 9.81. The van der Waals surface area contributed by atoms with Crippen LogP contribution in [0.4, 0.5) is 0 Å². The van der Waals surface area contributed by atoms with Gasteiger partial charge in [-0.3, -0.25) is 0 Å². The fourth-order valence-corrected chi connectivity index (χ4v) is 1.90. The summed E-state index contributed by atoms with van der Waals surface area (Å²) in [6.45, 7) is 1.77. The minimum Gasteiger partial charge on any atom is -0.441 e. The van der Waals surface area contributed by atoms with E-state index >= 15 is 0 Å². The first kappa shape index (κ1) is 11.6. The number of aromatic nitrogens is 1. The van der Waals surface area contributed by atoms with Crippen molar-refractivity contribution in [2.24, 2.45) is 0 Å². The van der Waals surface area contributed by atoms with Crippen molar-refractivity contribution < 1.29 is 14.6 Å². The second-order valence-corrected chi connectivity index (χ2v) is 4.27. The van der Waals surface area contributed by atoms with Gasteiger partial charge >= 0.3 is 0 Å². The van der Waals surface area contributed by atoms with Crippen molar-refractivity contribution in [3.05, 3.63) is 29.7 Å². The van der Waals surface area contributed by atoms with Gasteiger partial charge in [-0.1, -0.05) is 22.0 Å². The van der Waals surface area contributed by atoms with Crippen LogP contribution in [0.3, 0.4) is 0 Å². The molecule has 0 saturated heterocycles. The number of nitrogens with zero attached hydrogens (tertiary/aromatic N) is 1. The van der Waals surface area contributed by atoms with Gasteiger partial charge in [-0.15, -0.1) is 0 Å². The fourth-order valence-electron chi connectivity index (χ4n) is 1.55. The molecule has 0 aliphatic heterocycles. The molecule has 1 aromatic heterocycles. The number of rotatable bonds is 3. The first-order chi connectivity index (χ1) is 7.61. The Balaban J connectivity index is 2.38. The Morgan fingerprint density at radius 3 is 2.88 bits per heavy atom. The van der Waals surface area contributed by atoms with E-state index in [1.54, 1.807) is 25.1 Å². The number of benzene rings is 1. The number of aryl methyl sites for hydroxylation is 1. The number of alkyl halides is 1. The molecule has 0 aliphatic carbocycles. The minimum atomic E-state index is -0.922. The van der Waals surface area contributed by atoms with Gasteiger partial charge in [0.05, 0.1) is 6.10 Å². The Morgan fingerprint density at radius 1 is 1.44 bits per heavy atom. The van der Waals surface area contributed by atoms with E-state index in [2.05, 4.69) is 20.9 Å². The molecule has 0 aliphatic rings. The first-order valence-electron chi connectivity index (χ1n) is 4.91. The van der Waals surface area contributed by atoms with Crippen molar-refractivity contribution in [3.8, 4) is 0 Å². The molecule has 4 nitrogen and oxygen atoms in total. The topological polar surface area (TPSA) is 66.5 Å². The maximum Gasteiger partial charge on any atom is 0.192 e. The lowest BCUT2D eigenvalue weighted by Crippen LogP contribution is -2.19. The highest BCUT2D eigenvalue weighted by molar-refractivity contribution is 9.09. The fraction of sp³-hybridized carbons (Fsp3) is 0.364. The van der Waals surface area contributed by atoms with Gasteiger partial charge in [0, 0.05) is 12.3 Å². The molecule has 0 bridgehead atoms. The summed E-state index contributed by atoms with van der Waals surface area (Å²) in [5.41, 5.74) is 1.99. The maximum atomic E-state index is 9.81. The first-order valence-corrected chi connectivity index (χ1v) is 6.03. The lowest BCUT2D eigenvalue weighted by molar-refractivity contribution is 0.0343. The Hall–Kier alpha value is -0.910. The third-order valence-corrected chi connectivity index (χ3v) is 3.05. The van der Waals surface area contributed by atoms with E-state index in [0.717, 1.165) is 5.52 Å². The zero-order valence-electron chi connectivity index (χ0n) is 8.72. The number of aliphatic hydroxyl groups excluding tert-OH is 2. The summed E-state index contributed by atoms with van der Waals surface area (Å²) < 4.78 is 5.36. The number of hydrogen-bond donors (Lipinski definition) is 2. The zero-order valence-corrected chi connectivity index (χ0v) is 10.3. The average Bonchev–Trinajstić information content (AvgIpc) is 2.65. The van der Waals surface area contributed by atoms with Gasteiger partial charge in [0.15, 0.2) is 11.5 Å². The summed E-state index contributed by atoms with van der Waals surface area (Å²) in [5.74, 6) is 0.586. The molecule has 1 aromatic carbocycles.